The summed E-state index contributed by atoms with van der Waals surface area (Å²) in [7, 11) is 2.65. The lowest BCUT2D eigenvalue weighted by molar-refractivity contribution is -0.137. The summed E-state index contributed by atoms with van der Waals surface area (Å²) in [6, 6.07) is 9.91. The second kappa shape index (κ2) is 8.60. The molecule has 0 saturated heterocycles. The van der Waals surface area contributed by atoms with Crippen molar-refractivity contribution in [1.29, 1.82) is 0 Å². The quantitative estimate of drug-likeness (QED) is 0.570. The summed E-state index contributed by atoms with van der Waals surface area (Å²) in [5, 5.41) is 0.527. The van der Waals surface area contributed by atoms with Gasteiger partial charge in [-0.3, -0.25) is 0 Å². The Morgan fingerprint density at radius 3 is 2.42 bits per heavy atom. The van der Waals surface area contributed by atoms with Crippen LogP contribution in [0.25, 0.3) is 0 Å². The lowest BCUT2D eigenvalue weighted by Gasteiger charge is -2.22. The topological polar surface area (TPSA) is 35.2 Å². The average molecular weight is 404 g/mol. The van der Waals surface area contributed by atoms with Crippen LogP contribution < -0.4 is 10.5 Å². The van der Waals surface area contributed by atoms with Gasteiger partial charge in [0.25, 0.3) is 0 Å². The van der Waals surface area contributed by atoms with Gasteiger partial charge in [0.2, 0.25) is 0 Å². The van der Waals surface area contributed by atoms with Crippen molar-refractivity contribution < 1.29 is 17.9 Å². The summed E-state index contributed by atoms with van der Waals surface area (Å²) in [6.07, 6.45) is -1.04. The highest BCUT2D eigenvalue weighted by Crippen LogP contribution is 2.33. The lowest BCUT2D eigenvalue weighted by Crippen LogP contribution is -2.37. The van der Waals surface area contributed by atoms with E-state index in [1.165, 1.54) is 12.1 Å². The summed E-state index contributed by atoms with van der Waals surface area (Å²) < 4.78 is 43.8. The number of ether oxygens (including phenoxy) is 1. The second-order valence-electron chi connectivity index (χ2n) is 6.59. The Labute approximate surface area is 159 Å². The molecule has 0 aromatic heterocycles. The number of hydrogen-bond acceptors (Lipinski definition) is 2. The van der Waals surface area contributed by atoms with Crippen molar-refractivity contribution in [2.75, 3.05) is 6.16 Å². The van der Waals surface area contributed by atoms with Crippen molar-refractivity contribution in [3.05, 3.63) is 58.6 Å². The fourth-order valence-corrected chi connectivity index (χ4v) is 2.92. The van der Waals surface area contributed by atoms with Crippen molar-refractivity contribution in [3.63, 3.8) is 0 Å². The molecular weight excluding hydrogens is 382 g/mol. The fraction of sp³-hybridized carbons (Fsp3) is 0.368. The van der Waals surface area contributed by atoms with Crippen LogP contribution in [0.2, 0.25) is 5.02 Å². The van der Waals surface area contributed by atoms with Gasteiger partial charge < -0.3 is 10.5 Å². The highest BCUT2D eigenvalue weighted by Gasteiger charge is 2.30. The highest BCUT2D eigenvalue weighted by molar-refractivity contribution is 7.16. The standard InChI is InChI=1S/C19H22ClF3NOP/c1-18(24,12-26)9-3-4-13-7-8-16(11-17(13)20)25-15-6-2-5-14(10-15)19(21,22)23/h2,5-8,10-11H,3-4,9,12,24,26H2,1H3/t18-/m1/s1. The van der Waals surface area contributed by atoms with Gasteiger partial charge in [0.05, 0.1) is 5.56 Å². The largest absolute Gasteiger partial charge is 0.457 e. The molecule has 0 amide bonds. The minimum absolute atomic E-state index is 0.114. The van der Waals surface area contributed by atoms with Crippen LogP contribution in [-0.2, 0) is 12.6 Å². The summed E-state index contributed by atoms with van der Waals surface area (Å²) in [5.74, 6) is 0.509. The number of benzene rings is 2. The SMILES string of the molecule is C[C@](N)(CP)CCCc1ccc(Oc2cccc(C(F)(F)F)c2)cc1Cl. The molecule has 142 valence electrons. The van der Waals surface area contributed by atoms with Crippen LogP contribution in [0, 0.1) is 0 Å². The van der Waals surface area contributed by atoms with E-state index in [4.69, 9.17) is 22.1 Å². The molecule has 2 atom stereocenters. The van der Waals surface area contributed by atoms with Gasteiger partial charge in [0.1, 0.15) is 11.5 Å². The molecule has 0 spiro atoms. The molecule has 0 heterocycles. The molecule has 2 N–H and O–H groups in total. The van der Waals surface area contributed by atoms with E-state index < -0.39 is 11.7 Å². The Morgan fingerprint density at radius 1 is 1.12 bits per heavy atom. The van der Waals surface area contributed by atoms with Gasteiger partial charge in [-0.2, -0.15) is 13.2 Å². The van der Waals surface area contributed by atoms with E-state index >= 15 is 0 Å². The van der Waals surface area contributed by atoms with Crippen molar-refractivity contribution >= 4 is 20.8 Å². The Morgan fingerprint density at radius 2 is 1.81 bits per heavy atom. The predicted octanol–water partition coefficient (Wildman–Crippen LogP) is 6.07. The predicted molar refractivity (Wildman–Crippen MR) is 103 cm³/mol. The monoisotopic (exact) mass is 403 g/mol. The molecule has 2 aromatic carbocycles. The Hall–Kier alpha value is -1.29. The molecule has 7 heteroatoms. The molecule has 0 aliphatic carbocycles. The molecule has 0 aliphatic rings. The fourth-order valence-electron chi connectivity index (χ4n) is 2.45. The molecule has 0 radical (unpaired) electrons. The number of halogens is 4. The van der Waals surface area contributed by atoms with Crippen LogP contribution in [0.4, 0.5) is 13.2 Å². The third kappa shape index (κ3) is 6.15. The van der Waals surface area contributed by atoms with E-state index in [0.29, 0.717) is 10.8 Å². The van der Waals surface area contributed by atoms with Crippen LogP contribution in [0.1, 0.15) is 30.9 Å². The first-order valence-electron chi connectivity index (χ1n) is 8.23. The van der Waals surface area contributed by atoms with Crippen LogP contribution in [0.15, 0.2) is 42.5 Å². The smallest absolute Gasteiger partial charge is 0.416 e. The first-order chi connectivity index (χ1) is 12.1. The number of alkyl halides is 3. The first kappa shape index (κ1) is 21.0. The molecule has 0 fully saturated rings. The molecule has 0 bridgehead atoms. The van der Waals surface area contributed by atoms with Crippen LogP contribution in [0.5, 0.6) is 11.5 Å². The molecule has 2 nitrogen and oxygen atoms in total. The zero-order valence-electron chi connectivity index (χ0n) is 14.4. The van der Waals surface area contributed by atoms with Crippen molar-refractivity contribution in [3.8, 4) is 11.5 Å². The maximum absolute atomic E-state index is 12.8. The zero-order valence-corrected chi connectivity index (χ0v) is 16.4. The average Bonchev–Trinajstić information content (AvgIpc) is 2.56. The Bertz CT molecular complexity index is 750. The minimum atomic E-state index is -4.41. The normalized spacial score (nSPS) is 14.1. The highest BCUT2D eigenvalue weighted by atomic mass is 35.5. The van der Waals surface area contributed by atoms with Crippen molar-refractivity contribution in [1.82, 2.24) is 0 Å². The summed E-state index contributed by atoms with van der Waals surface area (Å²) in [6.45, 7) is 2.01. The molecule has 26 heavy (non-hydrogen) atoms. The van der Waals surface area contributed by atoms with Gasteiger partial charge in [-0.1, -0.05) is 23.7 Å². The summed E-state index contributed by atoms with van der Waals surface area (Å²) >= 11 is 6.29. The van der Waals surface area contributed by atoms with Crippen molar-refractivity contribution in [2.45, 2.75) is 37.9 Å². The van der Waals surface area contributed by atoms with E-state index in [1.54, 1.807) is 12.1 Å². The zero-order chi connectivity index (χ0) is 19.4. The van der Waals surface area contributed by atoms with Gasteiger partial charge in [0.15, 0.2) is 0 Å². The van der Waals surface area contributed by atoms with Crippen LogP contribution in [-0.4, -0.2) is 11.7 Å². The van der Waals surface area contributed by atoms with E-state index in [-0.39, 0.29) is 11.3 Å². The molecule has 0 saturated carbocycles. The van der Waals surface area contributed by atoms with Crippen LogP contribution in [0.3, 0.4) is 0 Å². The second-order valence-corrected chi connectivity index (χ2v) is 7.41. The van der Waals surface area contributed by atoms with Gasteiger partial charge in [0, 0.05) is 10.6 Å². The van der Waals surface area contributed by atoms with Gasteiger partial charge >= 0.3 is 6.18 Å². The van der Waals surface area contributed by atoms with Crippen molar-refractivity contribution in [2.24, 2.45) is 5.73 Å². The van der Waals surface area contributed by atoms with Gasteiger partial charge in [-0.15, -0.1) is 9.24 Å². The molecular formula is C19H22ClF3NOP. The van der Waals surface area contributed by atoms with E-state index in [1.807, 2.05) is 13.0 Å². The van der Waals surface area contributed by atoms with E-state index in [2.05, 4.69) is 9.24 Å². The summed E-state index contributed by atoms with van der Waals surface area (Å²) in [5.41, 5.74) is 6.11. The lowest BCUT2D eigenvalue weighted by atomic mass is 9.96. The van der Waals surface area contributed by atoms with Crippen LogP contribution >= 0.6 is 20.8 Å². The maximum Gasteiger partial charge on any atom is 0.416 e. The summed E-state index contributed by atoms with van der Waals surface area (Å²) in [4.78, 5) is 0. The van der Waals surface area contributed by atoms with Gasteiger partial charge in [-0.05, 0) is 68.2 Å². The third-order valence-corrected chi connectivity index (χ3v) is 5.37. The number of rotatable bonds is 7. The molecule has 1 unspecified atom stereocenters. The minimum Gasteiger partial charge on any atom is -0.457 e. The molecule has 2 rings (SSSR count). The third-order valence-electron chi connectivity index (χ3n) is 4.08. The molecule has 0 aliphatic heterocycles. The Balaban J connectivity index is 2.03. The van der Waals surface area contributed by atoms with Gasteiger partial charge in [-0.25, -0.2) is 0 Å². The Kier molecular flexibility index (Phi) is 6.95. The number of aryl methyl sites for hydroxylation is 1. The number of hydrogen-bond donors (Lipinski definition) is 1. The first-order valence-corrected chi connectivity index (χ1v) is 9.43. The maximum atomic E-state index is 12.8. The van der Waals surface area contributed by atoms with E-state index in [9.17, 15) is 13.2 Å². The van der Waals surface area contributed by atoms with E-state index in [0.717, 1.165) is 43.1 Å². The number of nitrogens with two attached hydrogens (primary N) is 1. The molecule has 2 aromatic rings.